The fraction of sp³-hybridized carbons (Fsp3) is 1.00. The maximum atomic E-state index is 5.12. The Labute approximate surface area is 59.1 Å². The van der Waals surface area contributed by atoms with E-state index in [0.717, 1.165) is 26.3 Å². The van der Waals surface area contributed by atoms with Crippen molar-refractivity contribution in [2.75, 3.05) is 26.3 Å². The Kier molecular flexibility index (Phi) is 7.85. The third-order valence-electron chi connectivity index (χ3n) is 1.05. The molecule has 0 aliphatic carbocycles. The first kappa shape index (κ1) is 8.92. The van der Waals surface area contributed by atoms with E-state index in [1.807, 2.05) is 6.92 Å². The van der Waals surface area contributed by atoms with Crippen LogP contribution >= 0.6 is 0 Å². The van der Waals surface area contributed by atoms with Crippen LogP contribution in [0.5, 0.6) is 0 Å². The zero-order valence-electron chi connectivity index (χ0n) is 6.44. The van der Waals surface area contributed by atoms with Crippen LogP contribution in [0.15, 0.2) is 0 Å². The molecule has 0 spiro atoms. The summed E-state index contributed by atoms with van der Waals surface area (Å²) >= 11 is 0. The van der Waals surface area contributed by atoms with Crippen LogP contribution in [0.25, 0.3) is 0 Å². The van der Waals surface area contributed by atoms with Crippen molar-refractivity contribution in [3.05, 3.63) is 0 Å². The molecule has 1 N–H and O–H groups in total. The van der Waals surface area contributed by atoms with Crippen LogP contribution in [-0.4, -0.2) is 26.3 Å². The zero-order chi connectivity index (χ0) is 6.95. The summed E-state index contributed by atoms with van der Waals surface area (Å²) in [5.41, 5.74) is 0. The van der Waals surface area contributed by atoms with E-state index < -0.39 is 0 Å². The highest BCUT2D eigenvalue weighted by Gasteiger charge is 1.82. The van der Waals surface area contributed by atoms with Gasteiger partial charge < -0.3 is 10.1 Å². The molecular weight excluding hydrogens is 114 g/mol. The molecule has 0 saturated heterocycles. The van der Waals surface area contributed by atoms with E-state index in [0.29, 0.717) is 0 Å². The van der Waals surface area contributed by atoms with Crippen molar-refractivity contribution in [2.45, 2.75) is 20.3 Å². The van der Waals surface area contributed by atoms with Gasteiger partial charge in [0.15, 0.2) is 0 Å². The minimum atomic E-state index is 0. The molecule has 0 amide bonds. The SMILES string of the molecule is CCCNCCOCC.[HH]. The van der Waals surface area contributed by atoms with Gasteiger partial charge in [-0.25, -0.2) is 0 Å². The molecule has 0 aromatic carbocycles. The molecular formula is C7H19NO. The maximum absolute atomic E-state index is 5.12. The fourth-order valence-corrected chi connectivity index (χ4v) is 0.590. The molecule has 0 saturated carbocycles. The van der Waals surface area contributed by atoms with Crippen LogP contribution in [0, 0.1) is 0 Å². The molecule has 0 bridgehead atoms. The van der Waals surface area contributed by atoms with Gasteiger partial charge in [0, 0.05) is 14.6 Å². The summed E-state index contributed by atoms with van der Waals surface area (Å²) in [6.07, 6.45) is 1.20. The Balaban J connectivity index is 0. The van der Waals surface area contributed by atoms with Gasteiger partial charge >= 0.3 is 0 Å². The zero-order valence-corrected chi connectivity index (χ0v) is 6.44. The van der Waals surface area contributed by atoms with E-state index in [-0.39, 0.29) is 1.43 Å². The minimum Gasteiger partial charge on any atom is -0.380 e. The Bertz CT molecular complexity index is 46.9. The molecule has 0 aliphatic rings. The van der Waals surface area contributed by atoms with Crippen molar-refractivity contribution in [2.24, 2.45) is 0 Å². The average Bonchev–Trinajstić information content (AvgIpc) is 1.89. The number of hydrogen-bond acceptors (Lipinski definition) is 2. The lowest BCUT2D eigenvalue weighted by Crippen LogP contribution is -2.20. The van der Waals surface area contributed by atoms with Crippen molar-refractivity contribution in [1.82, 2.24) is 5.32 Å². The predicted molar refractivity (Wildman–Crippen MR) is 41.8 cm³/mol. The highest BCUT2D eigenvalue weighted by atomic mass is 16.5. The van der Waals surface area contributed by atoms with Gasteiger partial charge in [0.25, 0.3) is 0 Å². The van der Waals surface area contributed by atoms with Crippen LogP contribution in [0.3, 0.4) is 0 Å². The third-order valence-corrected chi connectivity index (χ3v) is 1.05. The van der Waals surface area contributed by atoms with E-state index in [9.17, 15) is 0 Å². The standard InChI is InChI=1S/C7H17NO.H2/c1-3-5-8-6-7-9-4-2;/h8H,3-7H2,1-2H3;1H. The quantitative estimate of drug-likeness (QED) is 0.551. The average molecular weight is 133 g/mol. The molecule has 0 fully saturated rings. The molecule has 0 atom stereocenters. The predicted octanol–water partition coefficient (Wildman–Crippen LogP) is 1.27. The second kappa shape index (κ2) is 7.92. The van der Waals surface area contributed by atoms with Crippen LogP contribution in [0.1, 0.15) is 21.7 Å². The highest BCUT2D eigenvalue weighted by molar-refractivity contribution is 4.41. The van der Waals surface area contributed by atoms with Crippen molar-refractivity contribution in [1.29, 1.82) is 0 Å². The van der Waals surface area contributed by atoms with Crippen molar-refractivity contribution >= 4 is 0 Å². The topological polar surface area (TPSA) is 21.3 Å². The lowest BCUT2D eigenvalue weighted by Gasteiger charge is -2.01. The first-order chi connectivity index (χ1) is 4.41. The minimum absolute atomic E-state index is 0. The van der Waals surface area contributed by atoms with Gasteiger partial charge in [0.05, 0.1) is 6.61 Å². The van der Waals surface area contributed by atoms with Gasteiger partial charge in [0.2, 0.25) is 0 Å². The Morgan fingerprint density at radius 1 is 1.33 bits per heavy atom. The molecule has 0 aromatic rings. The van der Waals surface area contributed by atoms with Gasteiger partial charge in [-0.2, -0.15) is 0 Å². The van der Waals surface area contributed by atoms with Crippen LogP contribution < -0.4 is 5.32 Å². The van der Waals surface area contributed by atoms with Gasteiger partial charge in [-0.15, -0.1) is 0 Å². The molecule has 58 valence electrons. The highest BCUT2D eigenvalue weighted by Crippen LogP contribution is 1.72. The normalized spacial score (nSPS) is 10.0. The molecule has 0 unspecified atom stereocenters. The number of nitrogens with one attached hydrogen (secondary N) is 1. The lowest BCUT2D eigenvalue weighted by molar-refractivity contribution is 0.149. The smallest absolute Gasteiger partial charge is 0.0590 e. The molecule has 2 heteroatoms. The molecule has 0 aromatic heterocycles. The first-order valence-corrected chi connectivity index (χ1v) is 3.70. The Hall–Kier alpha value is -0.0800. The van der Waals surface area contributed by atoms with Crippen molar-refractivity contribution in [3.8, 4) is 0 Å². The molecule has 2 nitrogen and oxygen atoms in total. The monoisotopic (exact) mass is 133 g/mol. The molecule has 9 heavy (non-hydrogen) atoms. The molecule has 0 heterocycles. The first-order valence-electron chi connectivity index (χ1n) is 3.70. The largest absolute Gasteiger partial charge is 0.380 e. The second-order valence-corrected chi connectivity index (χ2v) is 1.95. The fourth-order valence-electron chi connectivity index (χ4n) is 0.590. The van der Waals surface area contributed by atoms with Crippen molar-refractivity contribution in [3.63, 3.8) is 0 Å². The Morgan fingerprint density at radius 2 is 2.11 bits per heavy atom. The number of rotatable bonds is 6. The summed E-state index contributed by atoms with van der Waals surface area (Å²) in [7, 11) is 0. The summed E-state index contributed by atoms with van der Waals surface area (Å²) in [5, 5.41) is 3.24. The number of hydrogen-bond donors (Lipinski definition) is 1. The van der Waals surface area contributed by atoms with E-state index in [1.165, 1.54) is 6.42 Å². The summed E-state index contributed by atoms with van der Waals surface area (Å²) in [6.45, 7) is 7.94. The van der Waals surface area contributed by atoms with Gasteiger partial charge in [-0.3, -0.25) is 0 Å². The number of ether oxygens (including phenoxy) is 1. The van der Waals surface area contributed by atoms with Gasteiger partial charge in [0.1, 0.15) is 0 Å². The maximum Gasteiger partial charge on any atom is 0.0590 e. The third kappa shape index (κ3) is 7.92. The van der Waals surface area contributed by atoms with Crippen LogP contribution in [0.4, 0.5) is 0 Å². The summed E-state index contributed by atoms with van der Waals surface area (Å²) in [6, 6.07) is 0. The summed E-state index contributed by atoms with van der Waals surface area (Å²) in [4.78, 5) is 0. The van der Waals surface area contributed by atoms with Crippen molar-refractivity contribution < 1.29 is 6.16 Å². The van der Waals surface area contributed by atoms with E-state index in [1.54, 1.807) is 0 Å². The van der Waals surface area contributed by atoms with Gasteiger partial charge in [-0.05, 0) is 19.9 Å². The van der Waals surface area contributed by atoms with E-state index in [4.69, 9.17) is 4.74 Å². The molecule has 0 rings (SSSR count). The summed E-state index contributed by atoms with van der Waals surface area (Å²) < 4.78 is 5.12. The summed E-state index contributed by atoms with van der Waals surface area (Å²) in [5.74, 6) is 0. The Morgan fingerprint density at radius 3 is 2.67 bits per heavy atom. The second-order valence-electron chi connectivity index (χ2n) is 1.95. The van der Waals surface area contributed by atoms with Gasteiger partial charge in [-0.1, -0.05) is 6.92 Å². The van der Waals surface area contributed by atoms with E-state index in [2.05, 4.69) is 12.2 Å². The van der Waals surface area contributed by atoms with Crippen LogP contribution in [0.2, 0.25) is 0 Å². The molecule has 0 radical (unpaired) electrons. The van der Waals surface area contributed by atoms with Crippen LogP contribution in [-0.2, 0) is 4.74 Å². The molecule has 0 aliphatic heterocycles. The van der Waals surface area contributed by atoms with E-state index >= 15 is 0 Å². The lowest BCUT2D eigenvalue weighted by atomic mass is 10.5.